The molecule has 0 saturated carbocycles. The summed E-state index contributed by atoms with van der Waals surface area (Å²) in [6, 6.07) is 0. The van der Waals surface area contributed by atoms with E-state index in [9.17, 15) is 0 Å². The molecule has 0 radical (unpaired) electrons. The molecule has 0 aliphatic carbocycles. The molecule has 0 fully saturated rings. The third kappa shape index (κ3) is 7.63. The van der Waals surface area contributed by atoms with Gasteiger partial charge in [0, 0.05) is 6.21 Å². The predicted octanol–water partition coefficient (Wildman–Crippen LogP) is 1.28. The summed E-state index contributed by atoms with van der Waals surface area (Å²) < 4.78 is 0. The monoisotopic (exact) mass is 128 g/mol. The summed E-state index contributed by atoms with van der Waals surface area (Å²) in [5.74, 6) is 0.727. The highest BCUT2D eigenvalue weighted by Crippen LogP contribution is 1.94. The van der Waals surface area contributed by atoms with Crippen LogP contribution in [0, 0.1) is 5.92 Å². The van der Waals surface area contributed by atoms with Gasteiger partial charge in [0.1, 0.15) is 0 Å². The summed E-state index contributed by atoms with van der Waals surface area (Å²) >= 11 is 0. The molecule has 0 atom stereocenters. The summed E-state index contributed by atoms with van der Waals surface area (Å²) in [6.45, 7) is 5.11. The first-order valence-corrected chi connectivity index (χ1v) is 3.40. The van der Waals surface area contributed by atoms with E-state index in [0.717, 1.165) is 19.0 Å². The molecule has 0 rings (SSSR count). The fourth-order valence-corrected chi connectivity index (χ4v) is 0.441. The van der Waals surface area contributed by atoms with E-state index in [1.165, 1.54) is 0 Å². The second-order valence-electron chi connectivity index (χ2n) is 2.51. The minimum atomic E-state index is 0.727. The molecule has 0 aliphatic heterocycles. The molecular formula is C7H16N2. The molecule has 0 aromatic rings. The van der Waals surface area contributed by atoms with Crippen LogP contribution in [0.5, 0.6) is 0 Å². The number of aliphatic imine (C=N–C) groups is 1. The average Bonchev–Trinajstić information content (AvgIpc) is 1.80. The molecule has 0 aliphatic rings. The van der Waals surface area contributed by atoms with Gasteiger partial charge in [-0.1, -0.05) is 13.8 Å². The number of rotatable bonds is 4. The zero-order valence-electron chi connectivity index (χ0n) is 6.52. The Labute approximate surface area is 57.4 Å². The zero-order valence-corrected chi connectivity index (χ0v) is 6.52. The van der Waals surface area contributed by atoms with Crippen molar-refractivity contribution >= 4 is 6.21 Å². The van der Waals surface area contributed by atoms with Crippen molar-refractivity contribution in [1.82, 2.24) is 5.32 Å². The van der Waals surface area contributed by atoms with Crippen molar-refractivity contribution in [1.29, 1.82) is 0 Å². The molecule has 0 unspecified atom stereocenters. The van der Waals surface area contributed by atoms with Gasteiger partial charge in [0.25, 0.3) is 0 Å². The summed E-state index contributed by atoms with van der Waals surface area (Å²) in [6.07, 6.45) is 3.06. The van der Waals surface area contributed by atoms with Gasteiger partial charge in [0.05, 0.1) is 6.67 Å². The maximum atomic E-state index is 4.09. The third-order valence-corrected chi connectivity index (χ3v) is 0.955. The molecule has 0 aromatic carbocycles. The molecule has 0 spiro atoms. The molecule has 9 heavy (non-hydrogen) atoms. The van der Waals surface area contributed by atoms with E-state index >= 15 is 0 Å². The van der Waals surface area contributed by atoms with Crippen molar-refractivity contribution in [2.75, 3.05) is 13.7 Å². The zero-order chi connectivity index (χ0) is 7.11. The maximum Gasteiger partial charge on any atom is 0.0878 e. The van der Waals surface area contributed by atoms with E-state index in [-0.39, 0.29) is 0 Å². The lowest BCUT2D eigenvalue weighted by molar-refractivity contribution is 0.687. The van der Waals surface area contributed by atoms with Gasteiger partial charge in [-0.05, 0) is 19.4 Å². The number of nitrogens with zero attached hydrogens (tertiary/aromatic N) is 1. The number of hydrogen-bond donors (Lipinski definition) is 1. The summed E-state index contributed by atoms with van der Waals surface area (Å²) in [5.41, 5.74) is 0. The standard InChI is InChI=1S/C7H16N2/c1-7(2)4-5-9-6-8-3/h5,7-8H,4,6H2,1-3H3/b9-5-. The first-order chi connectivity index (χ1) is 4.27. The van der Waals surface area contributed by atoms with Crippen LogP contribution in [0.25, 0.3) is 0 Å². The second-order valence-corrected chi connectivity index (χ2v) is 2.51. The molecule has 0 amide bonds. The van der Waals surface area contributed by atoms with Gasteiger partial charge in [-0.25, -0.2) is 0 Å². The second kappa shape index (κ2) is 5.76. The Balaban J connectivity index is 3.04. The molecule has 0 aromatic heterocycles. The van der Waals surface area contributed by atoms with Crippen molar-refractivity contribution in [3.63, 3.8) is 0 Å². The summed E-state index contributed by atoms with van der Waals surface area (Å²) in [5, 5.41) is 2.94. The van der Waals surface area contributed by atoms with E-state index < -0.39 is 0 Å². The molecule has 1 N–H and O–H groups in total. The van der Waals surface area contributed by atoms with Gasteiger partial charge < -0.3 is 5.32 Å². The van der Waals surface area contributed by atoms with E-state index in [0.29, 0.717) is 0 Å². The highest BCUT2D eigenvalue weighted by atomic mass is 15.0. The Morgan fingerprint density at radius 3 is 2.67 bits per heavy atom. The molecule has 0 bridgehead atoms. The molecule has 0 heterocycles. The first kappa shape index (κ1) is 8.63. The number of hydrogen-bond acceptors (Lipinski definition) is 2. The van der Waals surface area contributed by atoms with Crippen molar-refractivity contribution < 1.29 is 0 Å². The normalized spacial score (nSPS) is 11.6. The van der Waals surface area contributed by atoms with Gasteiger partial charge in [-0.15, -0.1) is 0 Å². The van der Waals surface area contributed by atoms with Crippen molar-refractivity contribution in [3.8, 4) is 0 Å². The predicted molar refractivity (Wildman–Crippen MR) is 41.9 cm³/mol. The first-order valence-electron chi connectivity index (χ1n) is 3.40. The molecule has 2 nitrogen and oxygen atoms in total. The van der Waals surface area contributed by atoms with Crippen molar-refractivity contribution in [2.24, 2.45) is 10.9 Å². The topological polar surface area (TPSA) is 24.4 Å². The van der Waals surface area contributed by atoms with Gasteiger partial charge >= 0.3 is 0 Å². The van der Waals surface area contributed by atoms with Crippen LogP contribution in [0.4, 0.5) is 0 Å². The van der Waals surface area contributed by atoms with Gasteiger partial charge in [0.15, 0.2) is 0 Å². The third-order valence-electron chi connectivity index (χ3n) is 0.955. The molecule has 54 valence electrons. The quantitative estimate of drug-likeness (QED) is 0.567. The highest BCUT2D eigenvalue weighted by molar-refractivity contribution is 5.57. The molecule has 2 heteroatoms. The molecular weight excluding hydrogens is 112 g/mol. The fourth-order valence-electron chi connectivity index (χ4n) is 0.441. The van der Waals surface area contributed by atoms with Crippen LogP contribution >= 0.6 is 0 Å². The fraction of sp³-hybridized carbons (Fsp3) is 0.857. The summed E-state index contributed by atoms with van der Waals surface area (Å²) in [4.78, 5) is 4.09. The Morgan fingerprint density at radius 1 is 1.56 bits per heavy atom. The lowest BCUT2D eigenvalue weighted by Gasteiger charge is -1.95. The minimum absolute atomic E-state index is 0.727. The van der Waals surface area contributed by atoms with E-state index in [4.69, 9.17) is 0 Å². The van der Waals surface area contributed by atoms with Crippen LogP contribution in [-0.2, 0) is 0 Å². The van der Waals surface area contributed by atoms with E-state index in [1.54, 1.807) is 0 Å². The van der Waals surface area contributed by atoms with Crippen LogP contribution < -0.4 is 5.32 Å². The lowest BCUT2D eigenvalue weighted by Crippen LogP contribution is -2.04. The van der Waals surface area contributed by atoms with E-state index in [2.05, 4.69) is 24.2 Å². The van der Waals surface area contributed by atoms with Crippen LogP contribution in [0.2, 0.25) is 0 Å². The number of nitrogens with one attached hydrogen (secondary N) is 1. The van der Waals surface area contributed by atoms with Gasteiger partial charge in [-0.2, -0.15) is 0 Å². The SMILES string of the molecule is CNC/N=C\CC(C)C. The maximum absolute atomic E-state index is 4.09. The molecule has 0 saturated heterocycles. The minimum Gasteiger partial charge on any atom is -0.301 e. The van der Waals surface area contributed by atoms with Gasteiger partial charge in [-0.3, -0.25) is 4.99 Å². The van der Waals surface area contributed by atoms with Crippen molar-refractivity contribution in [3.05, 3.63) is 0 Å². The Morgan fingerprint density at radius 2 is 2.22 bits per heavy atom. The summed E-state index contributed by atoms with van der Waals surface area (Å²) in [7, 11) is 1.90. The Hall–Kier alpha value is -0.370. The van der Waals surface area contributed by atoms with Gasteiger partial charge in [0.2, 0.25) is 0 Å². The van der Waals surface area contributed by atoms with Crippen LogP contribution in [0.1, 0.15) is 20.3 Å². The van der Waals surface area contributed by atoms with Crippen LogP contribution in [-0.4, -0.2) is 19.9 Å². The Kier molecular flexibility index (Phi) is 5.52. The smallest absolute Gasteiger partial charge is 0.0878 e. The lowest BCUT2D eigenvalue weighted by atomic mass is 10.2. The van der Waals surface area contributed by atoms with E-state index in [1.807, 2.05) is 13.3 Å². The highest BCUT2D eigenvalue weighted by Gasteiger charge is 1.86. The van der Waals surface area contributed by atoms with Crippen LogP contribution in [0.15, 0.2) is 4.99 Å². The Bertz CT molecular complexity index is 77.0. The van der Waals surface area contributed by atoms with Crippen LogP contribution in [0.3, 0.4) is 0 Å². The largest absolute Gasteiger partial charge is 0.301 e. The average molecular weight is 128 g/mol. The van der Waals surface area contributed by atoms with Crippen molar-refractivity contribution in [2.45, 2.75) is 20.3 Å².